The zero-order chi connectivity index (χ0) is 14.4. The van der Waals surface area contributed by atoms with Gasteiger partial charge >= 0.3 is 0 Å². The summed E-state index contributed by atoms with van der Waals surface area (Å²) in [6.07, 6.45) is 5.92. The van der Waals surface area contributed by atoms with Crippen molar-refractivity contribution in [2.75, 3.05) is 43.2 Å². The van der Waals surface area contributed by atoms with Crippen LogP contribution in [0.2, 0.25) is 0 Å². The normalized spacial score (nSPS) is 18.9. The van der Waals surface area contributed by atoms with E-state index in [1.54, 1.807) is 11.8 Å². The Kier molecular flexibility index (Phi) is 5.91. The number of rotatable bonds is 6. The van der Waals surface area contributed by atoms with Crippen molar-refractivity contribution in [3.8, 4) is 0 Å². The van der Waals surface area contributed by atoms with Crippen molar-refractivity contribution >= 4 is 23.4 Å². The molecule has 0 spiro atoms. The van der Waals surface area contributed by atoms with Crippen LogP contribution in [-0.4, -0.2) is 49.1 Å². The summed E-state index contributed by atoms with van der Waals surface area (Å²) in [5.74, 6) is 1.84. The molecule has 1 N–H and O–H groups in total. The van der Waals surface area contributed by atoms with Crippen molar-refractivity contribution in [1.29, 1.82) is 0 Å². The second-order valence-corrected chi connectivity index (χ2v) is 5.77. The molecule has 1 atom stereocenters. The quantitative estimate of drug-likeness (QED) is 0.643. The van der Waals surface area contributed by atoms with E-state index >= 15 is 0 Å². The van der Waals surface area contributed by atoms with Crippen molar-refractivity contribution in [2.24, 2.45) is 0 Å². The number of nitrogens with zero attached hydrogens (tertiary/aromatic N) is 3. The van der Waals surface area contributed by atoms with E-state index in [0.29, 0.717) is 6.10 Å². The third kappa shape index (κ3) is 4.24. The summed E-state index contributed by atoms with van der Waals surface area (Å²) in [7, 11) is 2.07. The van der Waals surface area contributed by atoms with Crippen molar-refractivity contribution in [2.45, 2.75) is 37.4 Å². The van der Waals surface area contributed by atoms with Gasteiger partial charge in [0.25, 0.3) is 0 Å². The summed E-state index contributed by atoms with van der Waals surface area (Å²) in [6, 6.07) is 2.01. The van der Waals surface area contributed by atoms with Crippen LogP contribution in [0.25, 0.3) is 0 Å². The zero-order valence-corrected chi connectivity index (χ0v) is 13.4. The number of ether oxygens (including phenoxy) is 1. The lowest BCUT2D eigenvalue weighted by atomic mass is 10.1. The molecule has 1 aromatic rings. The van der Waals surface area contributed by atoms with E-state index in [1.165, 1.54) is 12.8 Å². The molecule has 2 rings (SSSR count). The van der Waals surface area contributed by atoms with Crippen LogP contribution >= 0.6 is 11.8 Å². The number of aromatic nitrogens is 2. The van der Waals surface area contributed by atoms with Crippen LogP contribution in [0.4, 0.5) is 11.6 Å². The largest absolute Gasteiger partial charge is 0.376 e. The highest BCUT2D eigenvalue weighted by Gasteiger charge is 2.17. The van der Waals surface area contributed by atoms with E-state index in [9.17, 15) is 0 Å². The molecule has 0 saturated carbocycles. The van der Waals surface area contributed by atoms with Crippen LogP contribution in [0.15, 0.2) is 11.2 Å². The van der Waals surface area contributed by atoms with Crippen LogP contribution in [0.1, 0.15) is 26.2 Å². The van der Waals surface area contributed by atoms with E-state index < -0.39 is 0 Å². The lowest BCUT2D eigenvalue weighted by molar-refractivity contribution is 0.0215. The van der Waals surface area contributed by atoms with Crippen molar-refractivity contribution in [1.82, 2.24) is 9.97 Å². The molecule has 112 valence electrons. The Labute approximate surface area is 125 Å². The highest BCUT2D eigenvalue weighted by molar-refractivity contribution is 7.98. The van der Waals surface area contributed by atoms with Crippen LogP contribution in [0.5, 0.6) is 0 Å². The molecule has 1 aliphatic heterocycles. The third-order valence-electron chi connectivity index (χ3n) is 3.38. The second-order valence-electron chi connectivity index (χ2n) is 5.00. The summed E-state index contributed by atoms with van der Waals surface area (Å²) in [5.41, 5.74) is 0. The minimum absolute atomic E-state index is 0.323. The summed E-state index contributed by atoms with van der Waals surface area (Å²) < 4.78 is 5.80. The number of anilines is 2. The predicted molar refractivity (Wildman–Crippen MR) is 84.8 cm³/mol. The smallest absolute Gasteiger partial charge is 0.191 e. The fraction of sp³-hybridized carbons (Fsp3) is 0.714. The number of hydrogen-bond acceptors (Lipinski definition) is 6. The van der Waals surface area contributed by atoms with Gasteiger partial charge in [0.1, 0.15) is 11.6 Å². The van der Waals surface area contributed by atoms with Crippen LogP contribution in [0, 0.1) is 0 Å². The van der Waals surface area contributed by atoms with Crippen molar-refractivity contribution in [3.63, 3.8) is 0 Å². The average molecular weight is 296 g/mol. The van der Waals surface area contributed by atoms with Gasteiger partial charge in [-0.1, -0.05) is 11.8 Å². The first-order valence-corrected chi connectivity index (χ1v) is 8.45. The van der Waals surface area contributed by atoms with E-state index in [-0.39, 0.29) is 0 Å². The molecule has 0 radical (unpaired) electrons. The molecule has 1 unspecified atom stereocenters. The minimum atomic E-state index is 0.323. The van der Waals surface area contributed by atoms with Crippen LogP contribution < -0.4 is 10.2 Å². The van der Waals surface area contributed by atoms with Gasteiger partial charge in [0, 0.05) is 32.8 Å². The molecule has 1 fully saturated rings. The van der Waals surface area contributed by atoms with Crippen molar-refractivity contribution in [3.05, 3.63) is 6.07 Å². The third-order valence-corrected chi connectivity index (χ3v) is 3.92. The maximum Gasteiger partial charge on any atom is 0.191 e. The second kappa shape index (κ2) is 7.69. The van der Waals surface area contributed by atoms with Gasteiger partial charge in [0.15, 0.2) is 5.16 Å². The highest BCUT2D eigenvalue weighted by atomic mass is 32.2. The number of hydrogen-bond donors (Lipinski definition) is 1. The van der Waals surface area contributed by atoms with Crippen LogP contribution in [0.3, 0.4) is 0 Å². The number of nitrogens with one attached hydrogen (secondary N) is 1. The maximum absolute atomic E-state index is 5.80. The summed E-state index contributed by atoms with van der Waals surface area (Å²) in [5, 5.41) is 4.06. The van der Waals surface area contributed by atoms with E-state index in [0.717, 1.165) is 42.9 Å². The molecule has 0 aliphatic carbocycles. The summed E-state index contributed by atoms with van der Waals surface area (Å²) in [6.45, 7) is 4.71. The first-order valence-electron chi connectivity index (χ1n) is 7.22. The van der Waals surface area contributed by atoms with Gasteiger partial charge in [-0.15, -0.1) is 0 Å². The molecular formula is C14H24N4OS. The highest BCUT2D eigenvalue weighted by Crippen LogP contribution is 2.21. The van der Waals surface area contributed by atoms with Gasteiger partial charge in [-0.25, -0.2) is 9.97 Å². The van der Waals surface area contributed by atoms with Gasteiger partial charge in [-0.05, 0) is 32.4 Å². The van der Waals surface area contributed by atoms with Crippen molar-refractivity contribution < 1.29 is 4.74 Å². The SMILES string of the molecule is CCNc1cc(N(C)CC2CCCCO2)nc(SC)n1. The van der Waals surface area contributed by atoms with E-state index in [1.807, 2.05) is 12.3 Å². The molecule has 20 heavy (non-hydrogen) atoms. The predicted octanol–water partition coefficient (Wildman–Crippen LogP) is 2.64. The minimum Gasteiger partial charge on any atom is -0.376 e. The molecule has 5 nitrogen and oxygen atoms in total. The molecule has 0 amide bonds. The molecular weight excluding hydrogens is 272 g/mol. The number of thioether (sulfide) groups is 1. The molecule has 0 bridgehead atoms. The molecule has 6 heteroatoms. The number of likely N-dealkylation sites (N-methyl/N-ethyl adjacent to an activating group) is 1. The Morgan fingerprint density at radius 2 is 2.30 bits per heavy atom. The Hall–Kier alpha value is -1.01. The Morgan fingerprint density at radius 1 is 1.45 bits per heavy atom. The van der Waals surface area contributed by atoms with Gasteiger partial charge in [-0.3, -0.25) is 0 Å². The van der Waals surface area contributed by atoms with E-state index in [2.05, 4.69) is 34.2 Å². The van der Waals surface area contributed by atoms with Gasteiger partial charge in [-0.2, -0.15) is 0 Å². The van der Waals surface area contributed by atoms with E-state index in [4.69, 9.17) is 4.74 Å². The Bertz CT molecular complexity index is 424. The molecule has 0 aromatic carbocycles. The molecule has 1 saturated heterocycles. The zero-order valence-electron chi connectivity index (χ0n) is 12.6. The fourth-order valence-electron chi connectivity index (χ4n) is 2.32. The standard InChI is InChI=1S/C14H24N4OS/c1-4-15-12-9-13(17-14(16-12)20-3)18(2)10-11-7-5-6-8-19-11/h9,11H,4-8,10H2,1-3H3,(H,15,16,17). The topological polar surface area (TPSA) is 50.3 Å². The van der Waals surface area contributed by atoms with Gasteiger partial charge in [0.05, 0.1) is 6.10 Å². The first kappa shape index (κ1) is 15.4. The van der Waals surface area contributed by atoms with Gasteiger partial charge in [0.2, 0.25) is 0 Å². The molecule has 1 aromatic heterocycles. The maximum atomic E-state index is 5.80. The first-order chi connectivity index (χ1) is 9.72. The van der Waals surface area contributed by atoms with Crippen LogP contribution in [-0.2, 0) is 4.74 Å². The lowest BCUT2D eigenvalue weighted by Gasteiger charge is -2.28. The lowest BCUT2D eigenvalue weighted by Crippen LogP contribution is -2.33. The fourth-order valence-corrected chi connectivity index (χ4v) is 2.70. The molecule has 2 heterocycles. The Balaban J connectivity index is 2.06. The molecule has 1 aliphatic rings. The Morgan fingerprint density at radius 3 is 2.95 bits per heavy atom. The monoisotopic (exact) mass is 296 g/mol. The summed E-state index contributed by atoms with van der Waals surface area (Å²) in [4.78, 5) is 11.2. The average Bonchev–Trinajstić information content (AvgIpc) is 2.48. The van der Waals surface area contributed by atoms with Gasteiger partial charge < -0.3 is 15.0 Å². The summed E-state index contributed by atoms with van der Waals surface area (Å²) >= 11 is 1.57.